The standard InChI is InChI=1S/C32H37ClN2O4/c1-3-37-32(36)30(39-27-6-4-5-22(2)17-27)18-23-9-13-26(14-10-23)38-16-15-34-31-28-20-35(21-29(28)31)19-24-7-11-25(33)12-8-24/h4-14,17,28-31,34H,3,15-16,18-21H2,1-2H3/t28-,29+,30-,31?/m1/s1. The molecule has 2 aliphatic rings. The van der Waals surface area contributed by atoms with Crippen molar-refractivity contribution >= 4 is 17.6 Å². The minimum absolute atomic E-state index is 0.317. The molecule has 39 heavy (non-hydrogen) atoms. The Morgan fingerprint density at radius 3 is 2.41 bits per heavy atom. The number of aryl methyl sites for hydroxylation is 1. The Bertz CT molecular complexity index is 1220. The van der Waals surface area contributed by atoms with E-state index in [0.717, 1.165) is 59.9 Å². The molecule has 4 atom stereocenters. The van der Waals surface area contributed by atoms with Crippen LogP contribution in [-0.4, -0.2) is 55.9 Å². The fourth-order valence-electron chi connectivity index (χ4n) is 5.49. The van der Waals surface area contributed by atoms with Gasteiger partial charge in [-0.2, -0.15) is 0 Å². The highest BCUT2D eigenvalue weighted by atomic mass is 35.5. The Kier molecular flexibility index (Phi) is 9.07. The van der Waals surface area contributed by atoms with E-state index in [-0.39, 0.29) is 5.97 Å². The summed E-state index contributed by atoms with van der Waals surface area (Å²) in [6, 6.07) is 24.3. The van der Waals surface area contributed by atoms with Crippen LogP contribution in [0.2, 0.25) is 5.02 Å². The fourth-order valence-corrected chi connectivity index (χ4v) is 5.61. The van der Waals surface area contributed by atoms with E-state index in [9.17, 15) is 4.79 Å². The first-order valence-electron chi connectivity index (χ1n) is 13.8. The molecule has 0 bridgehead atoms. The van der Waals surface area contributed by atoms with E-state index in [0.29, 0.717) is 31.4 Å². The Balaban J connectivity index is 1.02. The van der Waals surface area contributed by atoms with Crippen LogP contribution in [-0.2, 0) is 22.5 Å². The molecule has 3 aromatic carbocycles. The third kappa shape index (κ3) is 7.53. The molecular weight excluding hydrogens is 512 g/mol. The van der Waals surface area contributed by atoms with Crippen LogP contribution < -0.4 is 14.8 Å². The number of likely N-dealkylation sites (tertiary alicyclic amines) is 1. The number of hydrogen-bond acceptors (Lipinski definition) is 6. The van der Waals surface area contributed by atoms with Crippen LogP contribution in [0.15, 0.2) is 72.8 Å². The number of esters is 1. The summed E-state index contributed by atoms with van der Waals surface area (Å²) in [4.78, 5) is 15.1. The fraction of sp³-hybridized carbons (Fsp3) is 0.406. The van der Waals surface area contributed by atoms with Gasteiger partial charge in [-0.3, -0.25) is 4.90 Å². The summed E-state index contributed by atoms with van der Waals surface area (Å²) in [6.07, 6.45) is -0.281. The topological polar surface area (TPSA) is 60.0 Å². The molecule has 1 aliphatic carbocycles. The van der Waals surface area contributed by atoms with Gasteiger partial charge < -0.3 is 19.5 Å². The van der Waals surface area contributed by atoms with Gasteiger partial charge in [0.25, 0.3) is 0 Å². The van der Waals surface area contributed by atoms with E-state index in [4.69, 9.17) is 25.8 Å². The molecule has 0 radical (unpaired) electrons. The van der Waals surface area contributed by atoms with Gasteiger partial charge in [-0.15, -0.1) is 0 Å². The van der Waals surface area contributed by atoms with Crippen LogP contribution >= 0.6 is 11.6 Å². The molecule has 1 N–H and O–H groups in total. The van der Waals surface area contributed by atoms with E-state index >= 15 is 0 Å². The highest BCUT2D eigenvalue weighted by Crippen LogP contribution is 2.45. The van der Waals surface area contributed by atoms with E-state index in [1.54, 1.807) is 6.92 Å². The van der Waals surface area contributed by atoms with Crippen molar-refractivity contribution in [3.63, 3.8) is 0 Å². The molecule has 0 amide bonds. The van der Waals surface area contributed by atoms with Crippen molar-refractivity contribution in [1.82, 2.24) is 10.2 Å². The Morgan fingerprint density at radius 1 is 1.00 bits per heavy atom. The molecule has 1 aliphatic heterocycles. The molecular formula is C32H37ClN2O4. The molecule has 1 unspecified atom stereocenters. The van der Waals surface area contributed by atoms with Gasteiger partial charge >= 0.3 is 5.97 Å². The summed E-state index contributed by atoms with van der Waals surface area (Å²) in [5.74, 6) is 2.60. The van der Waals surface area contributed by atoms with Gasteiger partial charge in [0.1, 0.15) is 18.1 Å². The van der Waals surface area contributed by atoms with Gasteiger partial charge in [-0.1, -0.05) is 48.0 Å². The summed E-state index contributed by atoms with van der Waals surface area (Å²) in [5.41, 5.74) is 3.38. The second kappa shape index (κ2) is 12.9. The number of piperidine rings is 1. The molecule has 1 saturated heterocycles. The van der Waals surface area contributed by atoms with E-state index in [1.807, 2.05) is 67.6 Å². The number of rotatable bonds is 13. The summed E-state index contributed by atoms with van der Waals surface area (Å²) < 4.78 is 17.2. The highest BCUT2D eigenvalue weighted by Gasteiger charge is 2.55. The molecule has 0 spiro atoms. The molecule has 6 nitrogen and oxygen atoms in total. The molecule has 0 aromatic heterocycles. The zero-order chi connectivity index (χ0) is 27.2. The lowest BCUT2D eigenvalue weighted by molar-refractivity contribution is -0.151. The highest BCUT2D eigenvalue weighted by molar-refractivity contribution is 6.30. The number of benzene rings is 3. The normalized spacial score (nSPS) is 20.7. The summed E-state index contributed by atoms with van der Waals surface area (Å²) in [6.45, 7) is 8.84. The minimum Gasteiger partial charge on any atom is -0.492 e. The molecule has 1 saturated carbocycles. The zero-order valence-corrected chi connectivity index (χ0v) is 23.4. The van der Waals surface area contributed by atoms with Crippen molar-refractivity contribution in [2.45, 2.75) is 39.0 Å². The molecule has 7 heteroatoms. The minimum atomic E-state index is -0.706. The van der Waals surface area contributed by atoms with Crippen molar-refractivity contribution in [1.29, 1.82) is 0 Å². The monoisotopic (exact) mass is 548 g/mol. The smallest absolute Gasteiger partial charge is 0.347 e. The summed E-state index contributed by atoms with van der Waals surface area (Å²) >= 11 is 6.00. The van der Waals surface area contributed by atoms with Gasteiger partial charge in [0.2, 0.25) is 0 Å². The first-order chi connectivity index (χ1) is 19.0. The van der Waals surface area contributed by atoms with Crippen molar-refractivity contribution in [3.8, 4) is 11.5 Å². The van der Waals surface area contributed by atoms with Gasteiger partial charge in [0.15, 0.2) is 6.10 Å². The summed E-state index contributed by atoms with van der Waals surface area (Å²) in [7, 11) is 0. The largest absolute Gasteiger partial charge is 0.492 e. The predicted octanol–water partition coefficient (Wildman–Crippen LogP) is 5.30. The Hall–Kier alpha value is -3.06. The zero-order valence-electron chi connectivity index (χ0n) is 22.6. The number of ether oxygens (including phenoxy) is 3. The van der Waals surface area contributed by atoms with Crippen molar-refractivity contribution < 1.29 is 19.0 Å². The van der Waals surface area contributed by atoms with E-state index in [1.165, 1.54) is 5.56 Å². The number of nitrogens with zero attached hydrogens (tertiary/aromatic N) is 1. The second-order valence-corrected chi connectivity index (χ2v) is 10.9. The molecule has 206 valence electrons. The van der Waals surface area contributed by atoms with Gasteiger partial charge in [0, 0.05) is 43.7 Å². The molecule has 3 aromatic rings. The quantitative estimate of drug-likeness (QED) is 0.231. The Labute approximate surface area is 236 Å². The van der Waals surface area contributed by atoms with E-state index in [2.05, 4.69) is 22.3 Å². The summed E-state index contributed by atoms with van der Waals surface area (Å²) in [5, 5.41) is 4.46. The maximum absolute atomic E-state index is 12.5. The molecule has 2 fully saturated rings. The van der Waals surface area contributed by atoms with Crippen molar-refractivity contribution in [2.24, 2.45) is 11.8 Å². The van der Waals surface area contributed by atoms with E-state index < -0.39 is 6.10 Å². The molecule has 1 heterocycles. The second-order valence-electron chi connectivity index (χ2n) is 10.5. The van der Waals surface area contributed by atoms with Crippen LogP contribution in [0.25, 0.3) is 0 Å². The van der Waals surface area contributed by atoms with Gasteiger partial charge in [-0.25, -0.2) is 4.79 Å². The van der Waals surface area contributed by atoms with Gasteiger partial charge in [0.05, 0.1) is 6.61 Å². The Morgan fingerprint density at radius 2 is 1.72 bits per heavy atom. The average Bonchev–Trinajstić information content (AvgIpc) is 3.38. The maximum Gasteiger partial charge on any atom is 0.347 e. The number of hydrogen-bond donors (Lipinski definition) is 1. The number of carbonyl (C=O) groups is 1. The first-order valence-corrected chi connectivity index (χ1v) is 14.2. The van der Waals surface area contributed by atoms with Crippen LogP contribution in [0, 0.1) is 18.8 Å². The number of nitrogens with one attached hydrogen (secondary N) is 1. The van der Waals surface area contributed by atoms with Gasteiger partial charge in [-0.05, 0) is 78.8 Å². The van der Waals surface area contributed by atoms with Crippen molar-refractivity contribution in [3.05, 3.63) is 94.5 Å². The average molecular weight is 549 g/mol. The maximum atomic E-state index is 12.5. The number of fused-ring (bicyclic) bond motifs is 1. The van der Waals surface area contributed by atoms with Crippen LogP contribution in [0.5, 0.6) is 11.5 Å². The third-order valence-electron chi connectivity index (χ3n) is 7.50. The lowest BCUT2D eigenvalue weighted by Crippen LogP contribution is -2.33. The lowest BCUT2D eigenvalue weighted by Gasteiger charge is -2.20. The third-order valence-corrected chi connectivity index (χ3v) is 7.75. The molecule has 5 rings (SSSR count). The number of carbonyl (C=O) groups excluding carboxylic acids is 1. The lowest BCUT2D eigenvalue weighted by atomic mass is 10.1. The predicted molar refractivity (Wildman–Crippen MR) is 153 cm³/mol. The SMILES string of the molecule is CCOC(=O)[C@@H](Cc1ccc(OCCNC2[C@H]3CN(Cc4ccc(Cl)cc4)C[C@@H]23)cc1)Oc1cccc(C)c1. The number of halogens is 1. The van der Waals surface area contributed by atoms with Crippen LogP contribution in [0.4, 0.5) is 0 Å². The van der Waals surface area contributed by atoms with Crippen LogP contribution in [0.1, 0.15) is 23.6 Å². The van der Waals surface area contributed by atoms with Crippen molar-refractivity contribution in [2.75, 3.05) is 32.8 Å². The first kappa shape index (κ1) is 27.5. The van der Waals surface area contributed by atoms with Crippen LogP contribution in [0.3, 0.4) is 0 Å².